The Hall–Kier alpha value is -1.16. The van der Waals surface area contributed by atoms with Crippen LogP contribution in [0, 0.1) is 6.92 Å². The van der Waals surface area contributed by atoms with Crippen LogP contribution in [0.25, 0.3) is 0 Å². The smallest absolute Gasteiger partial charge is 0.0794 e. The first-order valence-corrected chi connectivity index (χ1v) is 5.02. The van der Waals surface area contributed by atoms with Crippen molar-refractivity contribution in [1.29, 1.82) is 0 Å². The molecule has 0 aliphatic rings. The van der Waals surface area contributed by atoms with Gasteiger partial charge >= 0.3 is 0 Å². The average Bonchev–Trinajstić information content (AvgIpc) is 2.76. The Kier molecular flexibility index (Phi) is 2.40. The highest BCUT2D eigenvalue weighted by Crippen LogP contribution is 2.26. The summed E-state index contributed by atoms with van der Waals surface area (Å²) in [7, 11) is 0. The van der Waals surface area contributed by atoms with Gasteiger partial charge in [0, 0.05) is 17.5 Å². The predicted molar refractivity (Wildman–Crippen MR) is 52.5 cm³/mol. The average molecular weight is 192 g/mol. The zero-order valence-electron chi connectivity index (χ0n) is 7.10. The van der Waals surface area contributed by atoms with E-state index in [4.69, 9.17) is 0 Å². The van der Waals surface area contributed by atoms with E-state index in [9.17, 15) is 0 Å². The summed E-state index contributed by atoms with van der Waals surface area (Å²) in [4.78, 5) is 4.28. The zero-order valence-corrected chi connectivity index (χ0v) is 7.92. The van der Waals surface area contributed by atoms with Crippen molar-refractivity contribution in [2.45, 2.75) is 12.3 Å². The molecule has 0 aliphatic heterocycles. The Labute approximate surface area is 80.8 Å². The largest absolute Gasteiger partial charge is 0.285 e. The fourth-order valence-electron chi connectivity index (χ4n) is 1.33. The summed E-state index contributed by atoms with van der Waals surface area (Å²) in [5, 5.41) is 8.79. The van der Waals surface area contributed by atoms with Crippen molar-refractivity contribution in [2.75, 3.05) is 0 Å². The molecule has 1 radical (unpaired) electrons. The second-order valence-corrected chi connectivity index (χ2v) is 3.50. The van der Waals surface area contributed by atoms with Gasteiger partial charge in [0.05, 0.1) is 17.4 Å². The van der Waals surface area contributed by atoms with Crippen molar-refractivity contribution in [2.24, 2.45) is 0 Å². The molecule has 0 aliphatic carbocycles. The van der Waals surface area contributed by atoms with E-state index in [-0.39, 0.29) is 5.92 Å². The van der Waals surface area contributed by atoms with E-state index in [0.717, 1.165) is 17.7 Å². The summed E-state index contributed by atoms with van der Waals surface area (Å²) in [6.45, 7) is 3.92. The molecule has 0 amide bonds. The Bertz CT molecular complexity index is 305. The molecule has 0 aromatic carbocycles. The number of thiazole rings is 1. The number of nitrogens with one attached hydrogen (secondary N) is 1. The molecule has 67 valence electrons. The SMILES string of the molecule is [CH2]CC(c1cn[nH]c1)c1cscn1. The van der Waals surface area contributed by atoms with Gasteiger partial charge in [0.1, 0.15) is 0 Å². The summed E-state index contributed by atoms with van der Waals surface area (Å²) in [5.41, 5.74) is 4.08. The monoisotopic (exact) mass is 192 g/mol. The van der Waals surface area contributed by atoms with Gasteiger partial charge < -0.3 is 0 Å². The van der Waals surface area contributed by atoms with Crippen LogP contribution in [-0.4, -0.2) is 15.2 Å². The molecule has 0 spiro atoms. The lowest BCUT2D eigenvalue weighted by molar-refractivity contribution is 0.801. The van der Waals surface area contributed by atoms with E-state index in [1.54, 1.807) is 11.3 Å². The van der Waals surface area contributed by atoms with Gasteiger partial charge in [-0.15, -0.1) is 11.3 Å². The molecule has 2 heterocycles. The van der Waals surface area contributed by atoms with Crippen LogP contribution >= 0.6 is 11.3 Å². The van der Waals surface area contributed by atoms with Crippen molar-refractivity contribution < 1.29 is 0 Å². The third kappa shape index (κ3) is 1.62. The normalized spacial score (nSPS) is 13.0. The Morgan fingerprint density at radius 3 is 3.08 bits per heavy atom. The molecule has 0 saturated heterocycles. The second kappa shape index (κ2) is 3.70. The van der Waals surface area contributed by atoms with Gasteiger partial charge in [-0.25, -0.2) is 4.98 Å². The molecule has 2 aromatic heterocycles. The summed E-state index contributed by atoms with van der Waals surface area (Å²) in [6, 6.07) is 0. The van der Waals surface area contributed by atoms with E-state index in [2.05, 4.69) is 27.5 Å². The lowest BCUT2D eigenvalue weighted by Gasteiger charge is -2.08. The maximum absolute atomic E-state index is 4.28. The van der Waals surface area contributed by atoms with E-state index in [1.165, 1.54) is 0 Å². The van der Waals surface area contributed by atoms with Crippen molar-refractivity contribution in [3.05, 3.63) is 41.5 Å². The molecule has 2 aromatic rings. The molecule has 2 rings (SSSR count). The summed E-state index contributed by atoms with van der Waals surface area (Å²) >= 11 is 1.61. The summed E-state index contributed by atoms with van der Waals surface area (Å²) < 4.78 is 0. The van der Waals surface area contributed by atoms with Crippen LogP contribution < -0.4 is 0 Å². The van der Waals surface area contributed by atoms with E-state index in [1.807, 2.05) is 17.9 Å². The van der Waals surface area contributed by atoms with E-state index < -0.39 is 0 Å². The molecule has 1 N–H and O–H groups in total. The number of aromatic nitrogens is 3. The van der Waals surface area contributed by atoms with Crippen LogP contribution in [0.3, 0.4) is 0 Å². The number of rotatable bonds is 3. The number of hydrogen-bond acceptors (Lipinski definition) is 3. The summed E-state index contributed by atoms with van der Waals surface area (Å²) in [6.07, 6.45) is 4.54. The van der Waals surface area contributed by atoms with Crippen LogP contribution in [0.5, 0.6) is 0 Å². The van der Waals surface area contributed by atoms with Crippen LogP contribution in [0.4, 0.5) is 0 Å². The molecule has 1 unspecified atom stereocenters. The fourth-order valence-corrected chi connectivity index (χ4v) is 1.94. The van der Waals surface area contributed by atoms with E-state index >= 15 is 0 Å². The Morgan fingerprint density at radius 1 is 1.62 bits per heavy atom. The molecule has 4 heteroatoms. The third-order valence-corrected chi connectivity index (χ3v) is 2.62. The lowest BCUT2D eigenvalue weighted by atomic mass is 9.97. The van der Waals surface area contributed by atoms with Crippen molar-refractivity contribution in [3.8, 4) is 0 Å². The highest BCUT2D eigenvalue weighted by Gasteiger charge is 2.14. The van der Waals surface area contributed by atoms with Crippen LogP contribution in [0.1, 0.15) is 23.6 Å². The minimum Gasteiger partial charge on any atom is -0.285 e. The maximum Gasteiger partial charge on any atom is 0.0794 e. The first-order valence-electron chi connectivity index (χ1n) is 4.08. The topological polar surface area (TPSA) is 41.6 Å². The van der Waals surface area contributed by atoms with Gasteiger partial charge in [-0.05, 0) is 12.0 Å². The van der Waals surface area contributed by atoms with Gasteiger partial charge in [0.2, 0.25) is 0 Å². The van der Waals surface area contributed by atoms with Gasteiger partial charge in [0.25, 0.3) is 0 Å². The molecular formula is C9H10N3S. The first-order chi connectivity index (χ1) is 6.42. The van der Waals surface area contributed by atoms with Crippen molar-refractivity contribution in [1.82, 2.24) is 15.2 Å². The fraction of sp³-hybridized carbons (Fsp3) is 0.222. The minimum absolute atomic E-state index is 0.282. The predicted octanol–water partition coefficient (Wildman–Crippen LogP) is 2.22. The first kappa shape index (κ1) is 8.44. The van der Waals surface area contributed by atoms with Crippen molar-refractivity contribution in [3.63, 3.8) is 0 Å². The quantitative estimate of drug-likeness (QED) is 0.810. The van der Waals surface area contributed by atoms with Crippen LogP contribution in [-0.2, 0) is 0 Å². The highest BCUT2D eigenvalue weighted by molar-refractivity contribution is 7.07. The maximum atomic E-state index is 4.28. The van der Waals surface area contributed by atoms with Gasteiger partial charge in [-0.2, -0.15) is 5.10 Å². The second-order valence-electron chi connectivity index (χ2n) is 2.79. The summed E-state index contributed by atoms with van der Waals surface area (Å²) in [5.74, 6) is 0.282. The molecule has 0 saturated carbocycles. The van der Waals surface area contributed by atoms with E-state index in [0.29, 0.717) is 0 Å². The zero-order chi connectivity index (χ0) is 9.10. The molecule has 0 bridgehead atoms. The minimum atomic E-state index is 0.282. The standard InChI is InChI=1S/C9H10N3S/c1-2-8(7-3-11-12-4-7)9-5-13-6-10-9/h3-6,8H,1-2H2,(H,11,12). The lowest BCUT2D eigenvalue weighted by Crippen LogP contribution is -1.98. The number of aromatic amines is 1. The van der Waals surface area contributed by atoms with Gasteiger partial charge in [0.15, 0.2) is 0 Å². The molecule has 0 fully saturated rings. The highest BCUT2D eigenvalue weighted by atomic mass is 32.1. The molecular weight excluding hydrogens is 182 g/mol. The molecule has 1 atom stereocenters. The Balaban J connectivity index is 2.29. The van der Waals surface area contributed by atoms with Gasteiger partial charge in [-0.3, -0.25) is 5.10 Å². The van der Waals surface area contributed by atoms with Crippen LogP contribution in [0.15, 0.2) is 23.3 Å². The molecule has 3 nitrogen and oxygen atoms in total. The van der Waals surface area contributed by atoms with Crippen molar-refractivity contribution >= 4 is 11.3 Å². The number of nitrogens with zero attached hydrogens (tertiary/aromatic N) is 2. The van der Waals surface area contributed by atoms with Gasteiger partial charge in [-0.1, -0.05) is 6.92 Å². The molecule has 13 heavy (non-hydrogen) atoms. The number of H-pyrrole nitrogens is 1. The van der Waals surface area contributed by atoms with Crippen LogP contribution in [0.2, 0.25) is 0 Å². The number of hydrogen-bond donors (Lipinski definition) is 1. The third-order valence-electron chi connectivity index (χ3n) is 2.02. The Morgan fingerprint density at radius 2 is 2.54 bits per heavy atom.